The second kappa shape index (κ2) is 11.2. The highest BCUT2D eigenvalue weighted by atomic mass is 127. The Labute approximate surface area is 253 Å². The summed E-state index contributed by atoms with van der Waals surface area (Å²) < 4.78 is 12.8. The molecule has 0 atom stereocenters. The summed E-state index contributed by atoms with van der Waals surface area (Å²) in [7, 11) is 0. The van der Waals surface area contributed by atoms with Gasteiger partial charge >= 0.3 is 0 Å². The van der Waals surface area contributed by atoms with Crippen molar-refractivity contribution in [3.05, 3.63) is 43.8 Å². The largest absolute Gasteiger partial charge is 0.490 e. The average Bonchev–Trinajstić information content (AvgIpc) is 2.86. The van der Waals surface area contributed by atoms with Crippen LogP contribution in [-0.4, -0.2) is 35.7 Å². The van der Waals surface area contributed by atoms with Crippen molar-refractivity contribution in [3.8, 4) is 23.8 Å². The van der Waals surface area contributed by atoms with Crippen molar-refractivity contribution in [3.63, 3.8) is 0 Å². The molecule has 1 aromatic carbocycles. The third kappa shape index (κ3) is 5.47. The highest BCUT2D eigenvalue weighted by Crippen LogP contribution is 2.56. The Kier molecular flexibility index (Phi) is 8.18. The number of hydrogen-bond donors (Lipinski definition) is 0. The zero-order valence-electron chi connectivity index (χ0n) is 24.6. The minimum absolute atomic E-state index is 0.128. The van der Waals surface area contributed by atoms with Gasteiger partial charge in [-0.25, -0.2) is 0 Å². The van der Waals surface area contributed by atoms with E-state index in [4.69, 9.17) is 15.9 Å². The molecule has 0 saturated heterocycles. The first kappa shape index (κ1) is 29.2. The lowest BCUT2D eigenvalue weighted by atomic mass is 9.63. The Balaban J connectivity index is 1.76. The molecule has 0 aromatic heterocycles. The van der Waals surface area contributed by atoms with Crippen LogP contribution in [0, 0.1) is 26.7 Å². The van der Waals surface area contributed by atoms with Crippen molar-refractivity contribution in [1.29, 1.82) is 0 Å². The Morgan fingerprint density at radius 1 is 0.925 bits per heavy atom. The molecule has 0 N–H and O–H groups in total. The zero-order chi connectivity index (χ0) is 28.8. The summed E-state index contributed by atoms with van der Waals surface area (Å²) in [4.78, 5) is 30.9. The van der Waals surface area contributed by atoms with Crippen LogP contribution in [0.2, 0.25) is 0 Å². The van der Waals surface area contributed by atoms with E-state index in [9.17, 15) is 9.59 Å². The lowest BCUT2D eigenvalue weighted by Gasteiger charge is -2.52. The van der Waals surface area contributed by atoms with E-state index in [1.54, 1.807) is 0 Å². The summed E-state index contributed by atoms with van der Waals surface area (Å²) in [5.41, 5.74) is 4.63. The zero-order valence-corrected chi connectivity index (χ0v) is 26.8. The van der Waals surface area contributed by atoms with E-state index >= 15 is 0 Å². The van der Waals surface area contributed by atoms with E-state index in [1.165, 1.54) is 19.3 Å². The van der Waals surface area contributed by atoms with Gasteiger partial charge in [-0.3, -0.25) is 9.59 Å². The highest BCUT2D eigenvalue weighted by molar-refractivity contribution is 14.1. The van der Waals surface area contributed by atoms with Crippen LogP contribution in [-0.2, 0) is 9.59 Å². The molecule has 1 saturated carbocycles. The quantitative estimate of drug-likeness (QED) is 0.232. The van der Waals surface area contributed by atoms with E-state index in [-0.39, 0.29) is 29.0 Å². The van der Waals surface area contributed by atoms with Gasteiger partial charge in [0.2, 0.25) is 0 Å². The molecule has 5 nitrogen and oxygen atoms in total. The van der Waals surface area contributed by atoms with E-state index in [0.29, 0.717) is 37.0 Å². The standard InChI is InChI=1S/C34H42INO4/c1-7-14-40-32-23(35)15-21(16-28(32)39-8-2)29-30-24(17-33(3,4)19-26(30)37)36(22-12-10-9-11-13-22)25-18-34(5,6)20-27(38)31(25)29/h1,15-16,22,29H,8-14,17-20H2,2-6H3. The lowest BCUT2D eigenvalue weighted by Crippen LogP contribution is -2.48. The number of carbonyl (C=O) groups is 2. The molecule has 214 valence electrons. The van der Waals surface area contributed by atoms with Crippen LogP contribution in [0.15, 0.2) is 34.7 Å². The van der Waals surface area contributed by atoms with Crippen LogP contribution in [0.5, 0.6) is 11.5 Å². The summed E-state index contributed by atoms with van der Waals surface area (Å²) in [6, 6.07) is 4.38. The molecular weight excluding hydrogens is 613 g/mol. The number of benzene rings is 1. The molecule has 0 radical (unpaired) electrons. The van der Waals surface area contributed by atoms with Gasteiger partial charge in [0.25, 0.3) is 0 Å². The third-order valence-corrected chi connectivity index (χ3v) is 9.66. The molecule has 1 aliphatic heterocycles. The summed E-state index contributed by atoms with van der Waals surface area (Å²) in [5, 5.41) is 0. The van der Waals surface area contributed by atoms with E-state index in [1.807, 2.05) is 13.0 Å². The molecule has 0 unspecified atom stereocenters. The first-order valence-corrected chi connectivity index (χ1v) is 15.9. The van der Waals surface area contributed by atoms with E-state index < -0.39 is 5.92 Å². The van der Waals surface area contributed by atoms with Gasteiger partial charge in [0, 0.05) is 47.3 Å². The van der Waals surface area contributed by atoms with Gasteiger partial charge in [-0.15, -0.1) is 6.42 Å². The Bertz CT molecular complexity index is 1270. The van der Waals surface area contributed by atoms with Gasteiger partial charge in [-0.2, -0.15) is 0 Å². The number of ether oxygens (including phenoxy) is 2. The maximum atomic E-state index is 14.2. The smallest absolute Gasteiger partial charge is 0.175 e. The van der Waals surface area contributed by atoms with Gasteiger partial charge < -0.3 is 14.4 Å². The fourth-order valence-electron chi connectivity index (χ4n) is 7.38. The monoisotopic (exact) mass is 655 g/mol. The van der Waals surface area contributed by atoms with Crippen molar-refractivity contribution >= 4 is 34.2 Å². The molecule has 4 aliphatic rings. The molecule has 5 rings (SSSR count). The van der Waals surface area contributed by atoms with Crippen LogP contribution in [0.4, 0.5) is 0 Å². The molecule has 0 spiro atoms. The van der Waals surface area contributed by atoms with Crippen LogP contribution in [0.1, 0.15) is 104 Å². The minimum Gasteiger partial charge on any atom is -0.490 e. The Hall–Kier alpha value is -2.27. The number of nitrogens with zero attached hydrogens (tertiary/aromatic N) is 1. The van der Waals surface area contributed by atoms with Crippen LogP contribution in [0.25, 0.3) is 0 Å². The topological polar surface area (TPSA) is 55.8 Å². The first-order valence-electron chi connectivity index (χ1n) is 14.8. The van der Waals surface area contributed by atoms with Gasteiger partial charge in [0.1, 0.15) is 6.61 Å². The second-order valence-electron chi connectivity index (χ2n) is 13.5. The number of ketones is 2. The van der Waals surface area contributed by atoms with Crippen molar-refractivity contribution in [2.24, 2.45) is 10.8 Å². The third-order valence-electron chi connectivity index (χ3n) is 8.86. The van der Waals surface area contributed by atoms with Crippen molar-refractivity contribution in [2.75, 3.05) is 13.2 Å². The fourth-order valence-corrected chi connectivity index (χ4v) is 8.16. The molecule has 1 heterocycles. The number of halogens is 1. The highest BCUT2D eigenvalue weighted by Gasteiger charge is 2.50. The van der Waals surface area contributed by atoms with E-state index in [2.05, 4.69) is 67.2 Å². The number of rotatable bonds is 6. The van der Waals surface area contributed by atoms with Crippen LogP contribution in [0.3, 0.4) is 0 Å². The van der Waals surface area contributed by atoms with E-state index in [0.717, 1.165) is 57.4 Å². The first-order chi connectivity index (χ1) is 19.0. The maximum absolute atomic E-state index is 14.2. The number of terminal acetylenes is 1. The van der Waals surface area contributed by atoms with Crippen LogP contribution >= 0.6 is 22.6 Å². The Morgan fingerprint density at radius 3 is 2.02 bits per heavy atom. The second-order valence-corrected chi connectivity index (χ2v) is 14.6. The Morgan fingerprint density at radius 2 is 1.50 bits per heavy atom. The number of allylic oxidation sites excluding steroid dienone is 4. The SMILES string of the molecule is C#CCOc1c(I)cc(C2C3=C(CC(C)(C)CC3=O)N(C3CCCCC3)C3=C2C(=O)CC(C)(C)C3)cc1OCC. The molecule has 0 amide bonds. The number of carbonyl (C=O) groups excluding carboxylic acids is 2. The minimum atomic E-state index is -0.397. The lowest BCUT2D eigenvalue weighted by molar-refractivity contribution is -0.119. The molecule has 0 bridgehead atoms. The summed E-state index contributed by atoms with van der Waals surface area (Å²) in [5.74, 6) is 3.69. The molecule has 40 heavy (non-hydrogen) atoms. The molecule has 3 aliphatic carbocycles. The average molecular weight is 656 g/mol. The summed E-state index contributed by atoms with van der Waals surface area (Å²) >= 11 is 2.26. The van der Waals surface area contributed by atoms with Gasteiger partial charge in [-0.05, 0) is 83.7 Å². The van der Waals surface area contributed by atoms with Gasteiger partial charge in [0.15, 0.2) is 23.1 Å². The van der Waals surface area contributed by atoms with Gasteiger partial charge in [-0.1, -0.05) is 52.9 Å². The predicted octanol–water partition coefficient (Wildman–Crippen LogP) is 7.72. The van der Waals surface area contributed by atoms with Crippen molar-refractivity contribution in [2.45, 2.75) is 104 Å². The molecular formula is C34H42INO4. The summed E-state index contributed by atoms with van der Waals surface area (Å²) in [6.45, 7) is 11.4. The fraction of sp³-hybridized carbons (Fsp3) is 0.588. The van der Waals surface area contributed by atoms with Crippen molar-refractivity contribution in [1.82, 2.24) is 4.90 Å². The summed E-state index contributed by atoms with van der Waals surface area (Å²) in [6.07, 6.45) is 14.0. The van der Waals surface area contributed by atoms with Gasteiger partial charge in [0.05, 0.1) is 10.2 Å². The normalized spacial score (nSPS) is 23.1. The van der Waals surface area contributed by atoms with Crippen molar-refractivity contribution < 1.29 is 19.1 Å². The van der Waals surface area contributed by atoms with Crippen LogP contribution < -0.4 is 9.47 Å². The molecule has 1 fully saturated rings. The number of hydrogen-bond acceptors (Lipinski definition) is 5. The molecule has 6 heteroatoms. The molecule has 1 aromatic rings. The maximum Gasteiger partial charge on any atom is 0.175 e. The predicted molar refractivity (Wildman–Crippen MR) is 166 cm³/mol. The number of Topliss-reactive ketones (excluding diaryl/α,β-unsaturated/α-hetero) is 2.